The number of fused-ring (bicyclic) bond motifs is 1. The Labute approximate surface area is 204 Å². The van der Waals surface area contributed by atoms with Gasteiger partial charge in [-0.1, -0.05) is 12.1 Å². The Morgan fingerprint density at radius 2 is 1.91 bits per heavy atom. The molecule has 0 saturated heterocycles. The van der Waals surface area contributed by atoms with Crippen LogP contribution < -0.4 is 0 Å². The molecule has 35 heavy (non-hydrogen) atoms. The first kappa shape index (κ1) is 22.7. The summed E-state index contributed by atoms with van der Waals surface area (Å²) >= 11 is 0. The largest absolute Gasteiger partial charge is 0.444 e. The summed E-state index contributed by atoms with van der Waals surface area (Å²) in [4.78, 5) is 36.0. The highest BCUT2D eigenvalue weighted by Crippen LogP contribution is 2.31. The lowest BCUT2D eigenvalue weighted by molar-refractivity contribution is 0.0270. The Bertz CT molecular complexity index is 1430. The minimum absolute atomic E-state index is 0.284. The molecule has 0 spiro atoms. The minimum atomic E-state index is -0.507. The number of carbonyl (C=O) groups is 1. The number of pyridine rings is 2. The molecule has 1 N–H and O–H groups in total. The number of aryl methyl sites for hydroxylation is 1. The van der Waals surface area contributed by atoms with Crippen LogP contribution in [0, 0.1) is 6.92 Å². The van der Waals surface area contributed by atoms with Crippen LogP contribution in [0.1, 0.15) is 38.4 Å². The van der Waals surface area contributed by atoms with E-state index in [0.29, 0.717) is 18.9 Å². The average molecular weight is 469 g/mol. The normalized spacial score (nSPS) is 14.2. The summed E-state index contributed by atoms with van der Waals surface area (Å²) < 4.78 is 5.51. The molecule has 4 aromatic heterocycles. The van der Waals surface area contributed by atoms with E-state index in [0.717, 1.165) is 51.2 Å². The van der Waals surface area contributed by atoms with Crippen molar-refractivity contribution >= 4 is 22.7 Å². The lowest BCUT2D eigenvalue weighted by Gasteiger charge is -2.29. The van der Waals surface area contributed by atoms with Crippen molar-refractivity contribution in [2.45, 2.75) is 39.7 Å². The Morgan fingerprint density at radius 1 is 1.09 bits per heavy atom. The highest BCUT2D eigenvalue weighted by atomic mass is 16.6. The number of aromatic amines is 1. The molecule has 1 aliphatic heterocycles. The van der Waals surface area contributed by atoms with Crippen molar-refractivity contribution in [1.29, 1.82) is 0 Å². The molecule has 0 aliphatic carbocycles. The van der Waals surface area contributed by atoms with Crippen LogP contribution in [0.2, 0.25) is 0 Å². The van der Waals surface area contributed by atoms with Crippen molar-refractivity contribution < 1.29 is 9.53 Å². The van der Waals surface area contributed by atoms with Gasteiger partial charge in [0, 0.05) is 48.3 Å². The number of aromatic nitrogens is 5. The van der Waals surface area contributed by atoms with E-state index in [1.54, 1.807) is 4.90 Å². The zero-order valence-corrected chi connectivity index (χ0v) is 20.4. The van der Waals surface area contributed by atoms with E-state index in [4.69, 9.17) is 9.72 Å². The first-order chi connectivity index (χ1) is 16.8. The van der Waals surface area contributed by atoms with Crippen LogP contribution in [-0.2, 0) is 4.74 Å². The molecule has 5 rings (SSSR count). The smallest absolute Gasteiger partial charge is 0.410 e. The first-order valence-corrected chi connectivity index (χ1v) is 11.7. The first-order valence-electron chi connectivity index (χ1n) is 11.7. The third-order valence-electron chi connectivity index (χ3n) is 5.78. The fourth-order valence-electron chi connectivity index (χ4n) is 4.11. The van der Waals surface area contributed by atoms with E-state index < -0.39 is 5.60 Å². The van der Waals surface area contributed by atoms with Gasteiger partial charge in [-0.05, 0) is 69.5 Å². The molecule has 0 unspecified atom stereocenters. The quantitative estimate of drug-likeness (QED) is 0.432. The van der Waals surface area contributed by atoms with Crippen LogP contribution in [0.25, 0.3) is 39.4 Å². The standard InChI is InChI=1S/C27H28N6O2/c1-17-6-5-7-22(30-17)25-31-23(21-8-11-29-24(21)32-25)20-14-19(15-28-16-20)18-9-12-33(13-10-18)26(34)35-27(2,3)4/h5-9,11,14-16H,10,12-13H2,1-4H3,(H,29,31,32). The monoisotopic (exact) mass is 468 g/mol. The number of nitrogens with one attached hydrogen (secondary N) is 1. The predicted octanol–water partition coefficient (Wildman–Crippen LogP) is 5.41. The number of amides is 1. The van der Waals surface area contributed by atoms with Crippen LogP contribution in [0.4, 0.5) is 4.79 Å². The van der Waals surface area contributed by atoms with Crippen molar-refractivity contribution in [3.05, 3.63) is 66.3 Å². The van der Waals surface area contributed by atoms with Crippen molar-refractivity contribution in [2.24, 2.45) is 0 Å². The highest BCUT2D eigenvalue weighted by Gasteiger charge is 2.24. The molecule has 178 valence electrons. The minimum Gasteiger partial charge on any atom is -0.444 e. The number of rotatable bonds is 3. The third-order valence-corrected chi connectivity index (χ3v) is 5.78. The summed E-state index contributed by atoms with van der Waals surface area (Å²) in [5.74, 6) is 0.564. The summed E-state index contributed by atoms with van der Waals surface area (Å²) in [6, 6.07) is 9.90. The van der Waals surface area contributed by atoms with Gasteiger partial charge in [-0.2, -0.15) is 0 Å². The Morgan fingerprint density at radius 3 is 2.66 bits per heavy atom. The van der Waals surface area contributed by atoms with Crippen LogP contribution >= 0.6 is 0 Å². The van der Waals surface area contributed by atoms with Crippen LogP contribution in [0.15, 0.2) is 55.0 Å². The maximum Gasteiger partial charge on any atom is 0.410 e. The van der Waals surface area contributed by atoms with Crippen LogP contribution in [0.3, 0.4) is 0 Å². The average Bonchev–Trinajstić information content (AvgIpc) is 3.31. The zero-order chi connectivity index (χ0) is 24.6. The number of hydrogen-bond acceptors (Lipinski definition) is 6. The summed E-state index contributed by atoms with van der Waals surface area (Å²) in [7, 11) is 0. The second kappa shape index (κ2) is 8.94. The van der Waals surface area contributed by atoms with Crippen molar-refractivity contribution in [2.75, 3.05) is 13.1 Å². The van der Waals surface area contributed by atoms with Gasteiger partial charge < -0.3 is 14.6 Å². The Balaban J connectivity index is 1.46. The van der Waals surface area contributed by atoms with Crippen molar-refractivity contribution in [1.82, 2.24) is 29.8 Å². The topological polar surface area (TPSA) is 96.9 Å². The number of H-pyrrole nitrogens is 1. The number of nitrogens with zero attached hydrogens (tertiary/aromatic N) is 5. The molecule has 1 amide bonds. The second-order valence-corrected chi connectivity index (χ2v) is 9.67. The summed E-state index contributed by atoms with van der Waals surface area (Å²) in [5.41, 5.74) is 5.76. The summed E-state index contributed by atoms with van der Waals surface area (Å²) in [5, 5.41) is 0.925. The number of hydrogen-bond donors (Lipinski definition) is 1. The molecule has 0 fully saturated rings. The second-order valence-electron chi connectivity index (χ2n) is 9.67. The molecule has 0 bridgehead atoms. The maximum atomic E-state index is 12.4. The molecule has 0 radical (unpaired) electrons. The third kappa shape index (κ3) is 4.91. The fraction of sp³-hybridized carbons (Fsp3) is 0.296. The Kier molecular flexibility index (Phi) is 5.80. The molecule has 8 heteroatoms. The highest BCUT2D eigenvalue weighted by molar-refractivity contribution is 5.92. The van der Waals surface area contributed by atoms with Gasteiger partial charge in [0.05, 0.1) is 5.69 Å². The van der Waals surface area contributed by atoms with Gasteiger partial charge in [-0.25, -0.2) is 19.7 Å². The van der Waals surface area contributed by atoms with Gasteiger partial charge in [0.25, 0.3) is 0 Å². The van der Waals surface area contributed by atoms with Gasteiger partial charge in [0.2, 0.25) is 0 Å². The predicted molar refractivity (Wildman–Crippen MR) is 135 cm³/mol. The summed E-state index contributed by atoms with van der Waals surface area (Å²) in [6.07, 6.45) is 8.06. The molecule has 0 atom stereocenters. The maximum absolute atomic E-state index is 12.4. The van der Waals surface area contributed by atoms with Gasteiger partial charge in [-0.3, -0.25) is 4.98 Å². The SMILES string of the molecule is Cc1cccc(-c2nc(-c3cncc(C4=CCN(C(=O)OC(C)(C)C)CC4)c3)c3cc[nH]c3n2)n1. The van der Waals surface area contributed by atoms with Crippen LogP contribution in [0.5, 0.6) is 0 Å². The number of carbonyl (C=O) groups excluding carboxylic acids is 1. The lowest BCUT2D eigenvalue weighted by Crippen LogP contribution is -2.39. The van der Waals surface area contributed by atoms with Gasteiger partial charge >= 0.3 is 6.09 Å². The summed E-state index contributed by atoms with van der Waals surface area (Å²) in [6.45, 7) is 8.69. The van der Waals surface area contributed by atoms with Gasteiger partial charge in [0.1, 0.15) is 16.9 Å². The van der Waals surface area contributed by atoms with Gasteiger partial charge in [-0.15, -0.1) is 0 Å². The molecule has 8 nitrogen and oxygen atoms in total. The van der Waals surface area contributed by atoms with Crippen LogP contribution in [-0.4, -0.2) is 54.6 Å². The fourth-order valence-corrected chi connectivity index (χ4v) is 4.11. The molecule has 4 aromatic rings. The van der Waals surface area contributed by atoms with E-state index in [2.05, 4.69) is 32.1 Å². The molecular weight excluding hydrogens is 440 g/mol. The van der Waals surface area contributed by atoms with E-state index in [1.807, 2.05) is 70.6 Å². The van der Waals surface area contributed by atoms with Crippen molar-refractivity contribution in [3.8, 4) is 22.8 Å². The van der Waals surface area contributed by atoms with E-state index in [-0.39, 0.29) is 6.09 Å². The molecular formula is C27H28N6O2. The van der Waals surface area contributed by atoms with Crippen molar-refractivity contribution in [3.63, 3.8) is 0 Å². The van der Waals surface area contributed by atoms with E-state index in [1.165, 1.54) is 0 Å². The lowest BCUT2D eigenvalue weighted by atomic mass is 9.99. The zero-order valence-electron chi connectivity index (χ0n) is 20.4. The van der Waals surface area contributed by atoms with E-state index in [9.17, 15) is 4.79 Å². The van der Waals surface area contributed by atoms with E-state index >= 15 is 0 Å². The Hall–Kier alpha value is -4.07. The molecule has 1 aliphatic rings. The molecule has 0 saturated carbocycles. The number of ether oxygens (including phenoxy) is 1. The molecule has 5 heterocycles. The molecule has 0 aromatic carbocycles. The van der Waals surface area contributed by atoms with Gasteiger partial charge in [0.15, 0.2) is 5.82 Å².